The third-order valence-electron chi connectivity index (χ3n) is 5.09. The Morgan fingerprint density at radius 2 is 1.93 bits per heavy atom. The number of H-pyrrole nitrogens is 2. The van der Waals surface area contributed by atoms with Gasteiger partial charge in [-0.3, -0.25) is 14.6 Å². The lowest BCUT2D eigenvalue weighted by Crippen LogP contribution is -2.44. The number of ether oxygens (including phenoxy) is 1. The van der Waals surface area contributed by atoms with Crippen LogP contribution in [0.25, 0.3) is 11.1 Å². The van der Waals surface area contributed by atoms with Crippen molar-refractivity contribution in [3.63, 3.8) is 0 Å². The predicted octanol–water partition coefficient (Wildman–Crippen LogP) is 2.07. The molecule has 1 amide bonds. The Hall–Kier alpha value is -2.67. The number of hydrogen-bond acceptors (Lipinski definition) is 4. The number of carbonyl (C=O) groups is 1. The summed E-state index contributed by atoms with van der Waals surface area (Å²) < 4.78 is 5.18. The van der Waals surface area contributed by atoms with Crippen LogP contribution in [0.5, 0.6) is 0 Å². The van der Waals surface area contributed by atoms with Crippen LogP contribution in [0, 0.1) is 6.92 Å². The van der Waals surface area contributed by atoms with Crippen molar-refractivity contribution < 1.29 is 9.53 Å². The molecule has 27 heavy (non-hydrogen) atoms. The summed E-state index contributed by atoms with van der Waals surface area (Å²) in [5, 5.41) is 0. The first-order valence-electron chi connectivity index (χ1n) is 9.25. The standard InChI is InChI=1S/C20H25N3O4/c1-13-17(18(24)22-20(26)21-13)14-6-8-15(9-7-14)19(25)23-11-4-3-5-16(23)10-12-27-2/h6-9,16H,3-5,10-12H2,1-2H3,(H2,21,22,24,26)/t16-/m1/s1. The van der Waals surface area contributed by atoms with Crippen molar-refractivity contribution in [1.29, 1.82) is 0 Å². The fourth-order valence-corrected chi connectivity index (χ4v) is 3.71. The highest BCUT2D eigenvalue weighted by atomic mass is 16.5. The molecular weight excluding hydrogens is 346 g/mol. The topological polar surface area (TPSA) is 95.3 Å². The molecule has 2 aromatic rings. The second-order valence-electron chi connectivity index (χ2n) is 6.92. The van der Waals surface area contributed by atoms with Gasteiger partial charge in [-0.1, -0.05) is 12.1 Å². The van der Waals surface area contributed by atoms with E-state index < -0.39 is 11.2 Å². The van der Waals surface area contributed by atoms with E-state index in [0.717, 1.165) is 32.2 Å². The number of amides is 1. The van der Waals surface area contributed by atoms with E-state index in [1.54, 1.807) is 38.3 Å². The Bertz CT molecular complexity index is 914. The van der Waals surface area contributed by atoms with Gasteiger partial charge in [-0.15, -0.1) is 0 Å². The van der Waals surface area contributed by atoms with E-state index in [1.165, 1.54) is 0 Å². The minimum absolute atomic E-state index is 0.00875. The highest BCUT2D eigenvalue weighted by Gasteiger charge is 2.27. The number of likely N-dealkylation sites (tertiary alicyclic amines) is 1. The molecule has 7 nitrogen and oxygen atoms in total. The Morgan fingerprint density at radius 1 is 1.19 bits per heavy atom. The molecule has 3 rings (SSSR count). The quantitative estimate of drug-likeness (QED) is 0.841. The number of nitrogens with zero attached hydrogens (tertiary/aromatic N) is 1. The van der Waals surface area contributed by atoms with Gasteiger partial charge in [-0.2, -0.15) is 0 Å². The molecule has 1 aliphatic rings. The zero-order valence-electron chi connectivity index (χ0n) is 15.7. The Kier molecular flexibility index (Phi) is 5.91. The van der Waals surface area contributed by atoms with Gasteiger partial charge in [0.25, 0.3) is 11.5 Å². The third-order valence-corrected chi connectivity index (χ3v) is 5.09. The lowest BCUT2D eigenvalue weighted by atomic mass is 9.97. The van der Waals surface area contributed by atoms with Crippen molar-refractivity contribution in [2.75, 3.05) is 20.3 Å². The van der Waals surface area contributed by atoms with Gasteiger partial charge in [0.15, 0.2) is 0 Å². The van der Waals surface area contributed by atoms with Crippen LogP contribution >= 0.6 is 0 Å². The van der Waals surface area contributed by atoms with Crippen molar-refractivity contribution in [2.45, 2.75) is 38.6 Å². The molecule has 0 aliphatic carbocycles. The minimum atomic E-state index is -0.528. The molecule has 2 N–H and O–H groups in total. The summed E-state index contributed by atoms with van der Waals surface area (Å²) in [5.41, 5.74) is 1.20. The lowest BCUT2D eigenvalue weighted by Gasteiger charge is -2.36. The first kappa shape index (κ1) is 19.1. The predicted molar refractivity (Wildman–Crippen MR) is 103 cm³/mol. The van der Waals surface area contributed by atoms with Gasteiger partial charge >= 0.3 is 5.69 Å². The molecule has 1 aromatic carbocycles. The number of benzene rings is 1. The van der Waals surface area contributed by atoms with Gasteiger partial charge in [-0.05, 0) is 50.3 Å². The van der Waals surface area contributed by atoms with Crippen LogP contribution in [0.2, 0.25) is 0 Å². The van der Waals surface area contributed by atoms with E-state index in [2.05, 4.69) is 9.97 Å². The highest BCUT2D eigenvalue weighted by molar-refractivity contribution is 5.95. The molecule has 0 saturated carbocycles. The largest absolute Gasteiger partial charge is 0.385 e. The zero-order valence-corrected chi connectivity index (χ0v) is 15.7. The van der Waals surface area contributed by atoms with Crippen LogP contribution < -0.4 is 11.2 Å². The molecule has 7 heteroatoms. The maximum Gasteiger partial charge on any atom is 0.325 e. The van der Waals surface area contributed by atoms with Crippen molar-refractivity contribution in [3.8, 4) is 11.1 Å². The fourth-order valence-electron chi connectivity index (χ4n) is 3.71. The number of nitrogens with one attached hydrogen (secondary N) is 2. The summed E-state index contributed by atoms with van der Waals surface area (Å²) in [4.78, 5) is 43.2. The minimum Gasteiger partial charge on any atom is -0.385 e. The van der Waals surface area contributed by atoms with Crippen LogP contribution in [0.4, 0.5) is 0 Å². The zero-order chi connectivity index (χ0) is 19.4. The molecule has 1 atom stereocenters. The van der Waals surface area contributed by atoms with E-state index in [0.29, 0.717) is 29.0 Å². The first-order valence-corrected chi connectivity index (χ1v) is 9.25. The van der Waals surface area contributed by atoms with E-state index in [4.69, 9.17) is 4.74 Å². The van der Waals surface area contributed by atoms with Gasteiger partial charge in [-0.25, -0.2) is 4.79 Å². The van der Waals surface area contributed by atoms with Crippen LogP contribution in [0.3, 0.4) is 0 Å². The van der Waals surface area contributed by atoms with Crippen LogP contribution in [-0.4, -0.2) is 47.1 Å². The number of aromatic nitrogens is 2. The first-order chi connectivity index (χ1) is 13.0. The Labute approximate surface area is 157 Å². The van der Waals surface area contributed by atoms with E-state index >= 15 is 0 Å². The maximum atomic E-state index is 13.0. The number of piperidine rings is 1. The molecule has 0 unspecified atom stereocenters. The van der Waals surface area contributed by atoms with Gasteiger partial charge in [0.1, 0.15) is 0 Å². The van der Waals surface area contributed by atoms with Gasteiger partial charge in [0.05, 0.1) is 5.56 Å². The number of carbonyl (C=O) groups excluding carboxylic acids is 1. The molecule has 1 fully saturated rings. The highest BCUT2D eigenvalue weighted by Crippen LogP contribution is 2.24. The number of rotatable bonds is 5. The number of aromatic amines is 2. The lowest BCUT2D eigenvalue weighted by molar-refractivity contribution is 0.0553. The molecule has 144 valence electrons. The van der Waals surface area contributed by atoms with Crippen LogP contribution in [0.15, 0.2) is 33.9 Å². The Balaban J connectivity index is 1.83. The monoisotopic (exact) mass is 371 g/mol. The SMILES string of the molecule is COCC[C@H]1CCCCN1C(=O)c1ccc(-c2c(C)[nH]c(=O)[nH]c2=O)cc1. The molecule has 0 spiro atoms. The van der Waals surface area contributed by atoms with Gasteiger partial charge in [0.2, 0.25) is 0 Å². The van der Waals surface area contributed by atoms with Crippen molar-refractivity contribution in [2.24, 2.45) is 0 Å². The number of methoxy groups -OCH3 is 1. The second kappa shape index (κ2) is 8.35. The fraction of sp³-hybridized carbons (Fsp3) is 0.450. The normalized spacial score (nSPS) is 17.1. The van der Waals surface area contributed by atoms with Crippen LogP contribution in [0.1, 0.15) is 41.7 Å². The van der Waals surface area contributed by atoms with Gasteiger partial charge in [0, 0.05) is 37.6 Å². The van der Waals surface area contributed by atoms with E-state index in [9.17, 15) is 14.4 Å². The van der Waals surface area contributed by atoms with Crippen molar-refractivity contribution >= 4 is 5.91 Å². The molecule has 0 radical (unpaired) electrons. The van der Waals surface area contributed by atoms with E-state index in [1.807, 2.05) is 4.90 Å². The molecule has 2 heterocycles. The molecule has 1 saturated heterocycles. The molecular formula is C20H25N3O4. The summed E-state index contributed by atoms with van der Waals surface area (Å²) in [6.45, 7) is 3.08. The van der Waals surface area contributed by atoms with Crippen molar-refractivity contribution in [1.82, 2.24) is 14.9 Å². The summed E-state index contributed by atoms with van der Waals surface area (Å²) in [6.07, 6.45) is 3.98. The van der Waals surface area contributed by atoms with Crippen molar-refractivity contribution in [3.05, 3.63) is 56.4 Å². The Morgan fingerprint density at radius 3 is 2.59 bits per heavy atom. The molecule has 1 aromatic heterocycles. The van der Waals surface area contributed by atoms with E-state index in [-0.39, 0.29) is 11.9 Å². The second-order valence-corrected chi connectivity index (χ2v) is 6.92. The third kappa shape index (κ3) is 4.19. The number of aryl methyl sites for hydroxylation is 1. The summed E-state index contributed by atoms with van der Waals surface area (Å²) in [6, 6.07) is 7.18. The average molecular weight is 371 g/mol. The average Bonchev–Trinajstić information content (AvgIpc) is 2.66. The molecule has 0 bridgehead atoms. The molecule has 1 aliphatic heterocycles. The number of hydrogen-bond donors (Lipinski definition) is 2. The maximum absolute atomic E-state index is 13.0. The van der Waals surface area contributed by atoms with Gasteiger partial charge < -0.3 is 14.6 Å². The summed E-state index contributed by atoms with van der Waals surface area (Å²) >= 11 is 0. The summed E-state index contributed by atoms with van der Waals surface area (Å²) in [5.74, 6) is 0.00875. The smallest absolute Gasteiger partial charge is 0.325 e. The summed E-state index contributed by atoms with van der Waals surface area (Å²) in [7, 11) is 1.67. The van der Waals surface area contributed by atoms with Crippen LogP contribution in [-0.2, 0) is 4.74 Å².